The van der Waals surface area contributed by atoms with Crippen LogP contribution in [0.4, 0.5) is 0 Å². The third kappa shape index (κ3) is 4.23. The quantitative estimate of drug-likeness (QED) is 0.299. The molecule has 1 amide bonds. The molecule has 5 nitrogen and oxygen atoms in total. The summed E-state index contributed by atoms with van der Waals surface area (Å²) < 4.78 is 4.72. The van der Waals surface area contributed by atoms with Crippen molar-refractivity contribution in [1.82, 2.24) is 5.48 Å². The SMILES string of the molecule is CCOC(=O)[C@@H](CC(C)C)C(=O)NO. The van der Waals surface area contributed by atoms with E-state index in [2.05, 4.69) is 0 Å². The smallest absolute Gasteiger partial charge is 0.318 e. The molecule has 0 aliphatic heterocycles. The number of carbonyl (C=O) groups is 2. The summed E-state index contributed by atoms with van der Waals surface area (Å²) >= 11 is 0. The van der Waals surface area contributed by atoms with Crippen molar-refractivity contribution in [3.63, 3.8) is 0 Å². The van der Waals surface area contributed by atoms with Gasteiger partial charge in [-0.25, -0.2) is 5.48 Å². The standard InChI is InChI=1S/C9H17NO4/c1-4-14-9(12)7(5-6(2)3)8(11)10-13/h6-7,13H,4-5H2,1-3H3,(H,10,11)/t7-/m0/s1. The van der Waals surface area contributed by atoms with E-state index in [1.807, 2.05) is 13.8 Å². The summed E-state index contributed by atoms with van der Waals surface area (Å²) in [5.74, 6) is -2.04. The van der Waals surface area contributed by atoms with Crippen LogP contribution in [0.3, 0.4) is 0 Å². The lowest BCUT2D eigenvalue weighted by Crippen LogP contribution is -2.35. The van der Waals surface area contributed by atoms with Gasteiger partial charge in [-0.15, -0.1) is 0 Å². The molecule has 0 heterocycles. The molecule has 1 atom stereocenters. The van der Waals surface area contributed by atoms with Gasteiger partial charge in [0.2, 0.25) is 0 Å². The molecule has 0 saturated heterocycles. The van der Waals surface area contributed by atoms with Crippen LogP contribution < -0.4 is 5.48 Å². The van der Waals surface area contributed by atoms with Crippen molar-refractivity contribution >= 4 is 11.9 Å². The molecule has 0 saturated carbocycles. The molecule has 0 aliphatic carbocycles. The second kappa shape index (κ2) is 6.37. The van der Waals surface area contributed by atoms with Crippen LogP contribution >= 0.6 is 0 Å². The minimum atomic E-state index is -0.917. The van der Waals surface area contributed by atoms with Gasteiger partial charge in [-0.05, 0) is 19.3 Å². The summed E-state index contributed by atoms with van der Waals surface area (Å²) in [6, 6.07) is 0. The lowest BCUT2D eigenvalue weighted by molar-refractivity contribution is -0.155. The average Bonchev–Trinajstić information content (AvgIpc) is 2.13. The van der Waals surface area contributed by atoms with E-state index < -0.39 is 17.8 Å². The van der Waals surface area contributed by atoms with Crippen LogP contribution in [0.15, 0.2) is 0 Å². The molecule has 5 heteroatoms. The second-order valence-corrected chi connectivity index (χ2v) is 3.41. The summed E-state index contributed by atoms with van der Waals surface area (Å²) in [6.07, 6.45) is 0.366. The summed E-state index contributed by atoms with van der Waals surface area (Å²) in [7, 11) is 0. The maximum Gasteiger partial charge on any atom is 0.318 e. The van der Waals surface area contributed by atoms with Gasteiger partial charge in [0.15, 0.2) is 0 Å². The van der Waals surface area contributed by atoms with Crippen LogP contribution in [-0.2, 0) is 14.3 Å². The second-order valence-electron chi connectivity index (χ2n) is 3.41. The first-order valence-electron chi connectivity index (χ1n) is 4.63. The fourth-order valence-corrected chi connectivity index (χ4v) is 1.10. The number of ether oxygens (including phenoxy) is 1. The fourth-order valence-electron chi connectivity index (χ4n) is 1.10. The van der Waals surface area contributed by atoms with Crippen molar-refractivity contribution in [2.45, 2.75) is 27.2 Å². The third-order valence-corrected chi connectivity index (χ3v) is 1.70. The molecular formula is C9H17NO4. The van der Waals surface area contributed by atoms with Crippen LogP contribution in [0.1, 0.15) is 27.2 Å². The number of hydroxylamine groups is 1. The largest absolute Gasteiger partial charge is 0.465 e. The number of carbonyl (C=O) groups excluding carboxylic acids is 2. The highest BCUT2D eigenvalue weighted by molar-refractivity contribution is 5.97. The summed E-state index contributed by atoms with van der Waals surface area (Å²) in [5, 5.41) is 8.43. The van der Waals surface area contributed by atoms with E-state index >= 15 is 0 Å². The molecule has 2 N–H and O–H groups in total. The fraction of sp³-hybridized carbons (Fsp3) is 0.778. The van der Waals surface area contributed by atoms with Crippen molar-refractivity contribution in [1.29, 1.82) is 0 Å². The number of esters is 1. The Hall–Kier alpha value is -1.10. The molecule has 0 aliphatic rings. The number of nitrogens with one attached hydrogen (secondary N) is 1. The Morgan fingerprint density at radius 3 is 2.36 bits per heavy atom. The first-order chi connectivity index (χ1) is 6.52. The first-order valence-corrected chi connectivity index (χ1v) is 4.63. The lowest BCUT2D eigenvalue weighted by atomic mass is 9.97. The first kappa shape index (κ1) is 12.9. The van der Waals surface area contributed by atoms with Gasteiger partial charge in [-0.1, -0.05) is 13.8 Å². The van der Waals surface area contributed by atoms with Crippen LogP contribution in [0, 0.1) is 11.8 Å². The van der Waals surface area contributed by atoms with Gasteiger partial charge in [0, 0.05) is 0 Å². The van der Waals surface area contributed by atoms with Gasteiger partial charge in [0.05, 0.1) is 6.61 Å². The zero-order valence-corrected chi connectivity index (χ0v) is 8.74. The summed E-state index contributed by atoms with van der Waals surface area (Å²) in [4.78, 5) is 22.4. The normalized spacial score (nSPS) is 12.4. The predicted molar refractivity (Wildman–Crippen MR) is 49.5 cm³/mol. The number of hydrogen-bond donors (Lipinski definition) is 2. The molecule has 14 heavy (non-hydrogen) atoms. The number of rotatable bonds is 5. The van der Waals surface area contributed by atoms with E-state index in [9.17, 15) is 9.59 Å². The third-order valence-electron chi connectivity index (χ3n) is 1.70. The zero-order chi connectivity index (χ0) is 11.1. The molecule has 0 aromatic heterocycles. The molecule has 0 unspecified atom stereocenters. The van der Waals surface area contributed by atoms with Gasteiger partial charge in [0.25, 0.3) is 5.91 Å². The van der Waals surface area contributed by atoms with Gasteiger partial charge >= 0.3 is 5.97 Å². The molecule has 0 spiro atoms. The van der Waals surface area contributed by atoms with Gasteiger partial charge < -0.3 is 4.74 Å². The van der Waals surface area contributed by atoms with Crippen LogP contribution in [0.5, 0.6) is 0 Å². The van der Waals surface area contributed by atoms with Crippen molar-refractivity contribution in [3.05, 3.63) is 0 Å². The highest BCUT2D eigenvalue weighted by atomic mass is 16.5. The molecule has 82 valence electrons. The minimum absolute atomic E-state index is 0.182. The Kier molecular flexibility index (Phi) is 5.87. The number of amides is 1. The van der Waals surface area contributed by atoms with E-state index in [4.69, 9.17) is 9.94 Å². The number of hydrogen-bond acceptors (Lipinski definition) is 4. The minimum Gasteiger partial charge on any atom is -0.465 e. The Morgan fingerprint density at radius 2 is 2.00 bits per heavy atom. The lowest BCUT2D eigenvalue weighted by Gasteiger charge is -2.15. The maximum absolute atomic E-state index is 11.3. The highest BCUT2D eigenvalue weighted by Gasteiger charge is 2.28. The monoisotopic (exact) mass is 203 g/mol. The molecule has 0 aromatic rings. The topological polar surface area (TPSA) is 75.6 Å². The highest BCUT2D eigenvalue weighted by Crippen LogP contribution is 2.13. The van der Waals surface area contributed by atoms with Gasteiger partial charge in [-0.3, -0.25) is 14.8 Å². The Balaban J connectivity index is 4.38. The zero-order valence-electron chi connectivity index (χ0n) is 8.74. The summed E-state index contributed by atoms with van der Waals surface area (Å²) in [6.45, 7) is 5.67. The molecule has 0 rings (SSSR count). The van der Waals surface area contributed by atoms with Crippen molar-refractivity contribution < 1.29 is 19.5 Å². The van der Waals surface area contributed by atoms with Crippen molar-refractivity contribution in [2.24, 2.45) is 11.8 Å². The molecule has 0 fully saturated rings. The van der Waals surface area contributed by atoms with Crippen LogP contribution in [0.25, 0.3) is 0 Å². The Morgan fingerprint density at radius 1 is 1.43 bits per heavy atom. The van der Waals surface area contributed by atoms with Gasteiger partial charge in [0.1, 0.15) is 5.92 Å². The molecule has 0 aromatic carbocycles. The van der Waals surface area contributed by atoms with Crippen molar-refractivity contribution in [3.8, 4) is 0 Å². The molecular weight excluding hydrogens is 186 g/mol. The van der Waals surface area contributed by atoms with E-state index in [0.29, 0.717) is 6.42 Å². The van der Waals surface area contributed by atoms with E-state index in [-0.39, 0.29) is 12.5 Å². The molecule has 0 radical (unpaired) electrons. The van der Waals surface area contributed by atoms with E-state index in [1.54, 1.807) is 6.92 Å². The maximum atomic E-state index is 11.3. The van der Waals surface area contributed by atoms with E-state index in [0.717, 1.165) is 0 Å². The average molecular weight is 203 g/mol. The Labute approximate surface area is 83.4 Å². The van der Waals surface area contributed by atoms with Gasteiger partial charge in [-0.2, -0.15) is 0 Å². The molecule has 0 bridgehead atoms. The van der Waals surface area contributed by atoms with Crippen molar-refractivity contribution in [2.75, 3.05) is 6.61 Å². The summed E-state index contributed by atoms with van der Waals surface area (Å²) in [5.41, 5.74) is 1.47. The Bertz CT molecular complexity index is 203. The van der Waals surface area contributed by atoms with E-state index in [1.165, 1.54) is 5.48 Å². The van der Waals surface area contributed by atoms with Crippen LogP contribution in [-0.4, -0.2) is 23.7 Å². The predicted octanol–water partition coefficient (Wildman–Crippen LogP) is 0.717. The van der Waals surface area contributed by atoms with Crippen LogP contribution in [0.2, 0.25) is 0 Å².